The third kappa shape index (κ3) is 4.11. The summed E-state index contributed by atoms with van der Waals surface area (Å²) in [6, 6.07) is 9.16. The molecule has 1 aliphatic rings. The summed E-state index contributed by atoms with van der Waals surface area (Å²) >= 11 is 2.07. The molecule has 0 saturated carbocycles. The van der Waals surface area contributed by atoms with Crippen LogP contribution in [-0.2, 0) is 12.8 Å². The van der Waals surface area contributed by atoms with Crippen molar-refractivity contribution in [3.05, 3.63) is 35.7 Å². The van der Waals surface area contributed by atoms with Gasteiger partial charge in [-0.05, 0) is 55.0 Å². The highest BCUT2D eigenvalue weighted by atomic mass is 32.2. The fourth-order valence-corrected chi connectivity index (χ4v) is 3.76. The van der Waals surface area contributed by atoms with E-state index in [1.165, 1.54) is 29.9 Å². The van der Waals surface area contributed by atoms with Crippen molar-refractivity contribution in [3.63, 3.8) is 0 Å². The van der Waals surface area contributed by atoms with Crippen molar-refractivity contribution in [3.8, 4) is 11.5 Å². The van der Waals surface area contributed by atoms with E-state index >= 15 is 0 Å². The molecule has 0 atom stereocenters. The number of rotatable bonds is 6. The Bertz CT molecular complexity index is 576. The zero-order chi connectivity index (χ0) is 15.2. The normalized spacial score (nSPS) is 16.0. The summed E-state index contributed by atoms with van der Waals surface area (Å²) in [4.78, 5) is 4.36. The second-order valence-corrected chi connectivity index (χ2v) is 6.88. The first kappa shape index (κ1) is 15.6. The lowest BCUT2D eigenvalue weighted by Crippen LogP contribution is -2.33. The van der Waals surface area contributed by atoms with Crippen LogP contribution in [0, 0.1) is 0 Å². The van der Waals surface area contributed by atoms with Gasteiger partial charge in [0.05, 0.1) is 0 Å². The average molecular weight is 317 g/mol. The molecule has 2 aromatic rings. The van der Waals surface area contributed by atoms with Gasteiger partial charge in [0.2, 0.25) is 0 Å². The Kier molecular flexibility index (Phi) is 5.51. The summed E-state index contributed by atoms with van der Waals surface area (Å²) in [5.74, 6) is 3.97. The van der Waals surface area contributed by atoms with Crippen LogP contribution < -0.4 is 5.32 Å². The molecule has 1 aromatic carbocycles. The number of nitrogens with zero attached hydrogens (tertiary/aromatic N) is 2. The molecule has 3 rings (SSSR count). The van der Waals surface area contributed by atoms with E-state index in [9.17, 15) is 0 Å². The number of nitrogens with one attached hydrogen (secondary N) is 1. The fraction of sp³-hybridized carbons (Fsp3) is 0.529. The zero-order valence-electron chi connectivity index (χ0n) is 13.0. The SMILES string of the molecule is CCc1noc(-c2ccc(CCNC3CCSCC3)cc2)n1. The summed E-state index contributed by atoms with van der Waals surface area (Å²) < 4.78 is 5.27. The van der Waals surface area contributed by atoms with Crippen LogP contribution in [0.4, 0.5) is 0 Å². The predicted octanol–water partition coefficient (Wildman–Crippen LogP) is 3.33. The van der Waals surface area contributed by atoms with Gasteiger partial charge in [-0.1, -0.05) is 24.2 Å². The molecule has 0 amide bonds. The Morgan fingerprint density at radius 2 is 2.00 bits per heavy atom. The Morgan fingerprint density at radius 1 is 1.23 bits per heavy atom. The van der Waals surface area contributed by atoms with Crippen molar-refractivity contribution in [1.29, 1.82) is 0 Å². The quantitative estimate of drug-likeness (QED) is 0.885. The van der Waals surface area contributed by atoms with E-state index in [2.05, 4.69) is 51.5 Å². The molecule has 1 fully saturated rings. The highest BCUT2D eigenvalue weighted by Gasteiger charge is 2.12. The van der Waals surface area contributed by atoms with Crippen LogP contribution in [0.25, 0.3) is 11.5 Å². The summed E-state index contributed by atoms with van der Waals surface area (Å²) in [6.45, 7) is 3.07. The van der Waals surface area contributed by atoms with E-state index in [4.69, 9.17) is 4.52 Å². The minimum absolute atomic E-state index is 0.612. The van der Waals surface area contributed by atoms with Crippen molar-refractivity contribution in [2.24, 2.45) is 0 Å². The van der Waals surface area contributed by atoms with E-state index in [1.807, 2.05) is 6.92 Å². The van der Waals surface area contributed by atoms with Crippen molar-refractivity contribution >= 4 is 11.8 Å². The van der Waals surface area contributed by atoms with Gasteiger partial charge in [-0.15, -0.1) is 0 Å². The third-order valence-electron chi connectivity index (χ3n) is 4.05. The molecule has 0 spiro atoms. The average Bonchev–Trinajstić information content (AvgIpc) is 3.06. The molecule has 1 aliphatic heterocycles. The van der Waals surface area contributed by atoms with E-state index in [0.717, 1.165) is 30.8 Å². The highest BCUT2D eigenvalue weighted by Crippen LogP contribution is 2.19. The van der Waals surface area contributed by atoms with Gasteiger partial charge in [0.25, 0.3) is 5.89 Å². The monoisotopic (exact) mass is 317 g/mol. The molecule has 0 unspecified atom stereocenters. The van der Waals surface area contributed by atoms with Crippen molar-refractivity contribution in [2.45, 2.75) is 38.6 Å². The number of hydrogen-bond acceptors (Lipinski definition) is 5. The van der Waals surface area contributed by atoms with Crippen LogP contribution in [-0.4, -0.2) is 34.2 Å². The maximum absolute atomic E-state index is 5.27. The maximum atomic E-state index is 5.27. The summed E-state index contributed by atoms with van der Waals surface area (Å²) in [5.41, 5.74) is 2.34. The Balaban J connectivity index is 1.50. The molecule has 2 heterocycles. The second kappa shape index (κ2) is 7.79. The first-order valence-electron chi connectivity index (χ1n) is 8.08. The number of benzene rings is 1. The topological polar surface area (TPSA) is 51.0 Å². The smallest absolute Gasteiger partial charge is 0.257 e. The second-order valence-electron chi connectivity index (χ2n) is 5.66. The Morgan fingerprint density at radius 3 is 2.68 bits per heavy atom. The highest BCUT2D eigenvalue weighted by molar-refractivity contribution is 7.99. The number of thioether (sulfide) groups is 1. The van der Waals surface area contributed by atoms with Gasteiger partial charge in [0.15, 0.2) is 5.82 Å². The lowest BCUT2D eigenvalue weighted by Gasteiger charge is -2.22. The number of hydrogen-bond donors (Lipinski definition) is 1. The van der Waals surface area contributed by atoms with E-state index in [-0.39, 0.29) is 0 Å². The van der Waals surface area contributed by atoms with Gasteiger partial charge in [-0.2, -0.15) is 16.7 Å². The molecule has 5 heteroatoms. The van der Waals surface area contributed by atoms with Crippen LogP contribution in [0.15, 0.2) is 28.8 Å². The van der Waals surface area contributed by atoms with Crippen molar-refractivity contribution in [2.75, 3.05) is 18.1 Å². The molecule has 22 heavy (non-hydrogen) atoms. The molecule has 1 N–H and O–H groups in total. The number of aromatic nitrogens is 2. The summed E-state index contributed by atoms with van der Waals surface area (Å²) in [6.07, 6.45) is 4.47. The molecule has 0 aliphatic carbocycles. The largest absolute Gasteiger partial charge is 0.334 e. The van der Waals surface area contributed by atoms with Crippen molar-refractivity contribution < 1.29 is 4.52 Å². The van der Waals surface area contributed by atoms with Crippen LogP contribution >= 0.6 is 11.8 Å². The first-order valence-corrected chi connectivity index (χ1v) is 9.23. The zero-order valence-corrected chi connectivity index (χ0v) is 13.9. The minimum Gasteiger partial charge on any atom is -0.334 e. The summed E-state index contributed by atoms with van der Waals surface area (Å²) in [5, 5.41) is 7.61. The Hall–Kier alpha value is -1.33. The van der Waals surface area contributed by atoms with E-state index < -0.39 is 0 Å². The van der Waals surface area contributed by atoms with Crippen LogP contribution in [0.3, 0.4) is 0 Å². The van der Waals surface area contributed by atoms with Gasteiger partial charge in [-0.3, -0.25) is 0 Å². The fourth-order valence-electron chi connectivity index (χ4n) is 2.65. The van der Waals surface area contributed by atoms with E-state index in [1.54, 1.807) is 0 Å². The van der Waals surface area contributed by atoms with Crippen LogP contribution in [0.2, 0.25) is 0 Å². The first-order chi connectivity index (χ1) is 10.8. The van der Waals surface area contributed by atoms with Gasteiger partial charge >= 0.3 is 0 Å². The molecule has 1 saturated heterocycles. The lowest BCUT2D eigenvalue weighted by atomic mass is 10.1. The van der Waals surface area contributed by atoms with Crippen molar-refractivity contribution in [1.82, 2.24) is 15.5 Å². The van der Waals surface area contributed by atoms with Gasteiger partial charge < -0.3 is 9.84 Å². The maximum Gasteiger partial charge on any atom is 0.257 e. The van der Waals surface area contributed by atoms with Gasteiger partial charge in [0, 0.05) is 18.0 Å². The van der Waals surface area contributed by atoms with Crippen LogP contribution in [0.5, 0.6) is 0 Å². The molecule has 118 valence electrons. The molecule has 1 aromatic heterocycles. The number of aryl methyl sites for hydroxylation is 1. The predicted molar refractivity (Wildman–Crippen MR) is 91.2 cm³/mol. The van der Waals surface area contributed by atoms with Crippen LogP contribution in [0.1, 0.15) is 31.2 Å². The summed E-state index contributed by atoms with van der Waals surface area (Å²) in [7, 11) is 0. The molecule has 0 bridgehead atoms. The van der Waals surface area contributed by atoms with E-state index in [0.29, 0.717) is 11.9 Å². The molecular weight excluding hydrogens is 294 g/mol. The third-order valence-corrected chi connectivity index (χ3v) is 5.10. The molecule has 0 radical (unpaired) electrons. The minimum atomic E-state index is 0.612. The van der Waals surface area contributed by atoms with Gasteiger partial charge in [0.1, 0.15) is 0 Å². The lowest BCUT2D eigenvalue weighted by molar-refractivity contribution is 0.423. The Labute approximate surface area is 136 Å². The molecule has 4 nitrogen and oxygen atoms in total. The van der Waals surface area contributed by atoms with Gasteiger partial charge in [-0.25, -0.2) is 0 Å². The molecular formula is C17H23N3OS. The standard InChI is InChI=1S/C17H23N3OS/c1-2-16-19-17(21-20-16)14-5-3-13(4-6-14)7-10-18-15-8-11-22-12-9-15/h3-6,15,18H,2,7-12H2,1H3.